The lowest BCUT2D eigenvalue weighted by Crippen LogP contribution is -2.45. The van der Waals surface area contributed by atoms with Gasteiger partial charge in [-0.3, -0.25) is 14.6 Å². The summed E-state index contributed by atoms with van der Waals surface area (Å²) in [6.07, 6.45) is 2.26. The van der Waals surface area contributed by atoms with Crippen molar-refractivity contribution in [1.29, 1.82) is 0 Å². The van der Waals surface area contributed by atoms with Crippen LogP contribution in [0.4, 0.5) is 4.79 Å². The fourth-order valence-corrected chi connectivity index (χ4v) is 2.54. The number of urea groups is 1. The van der Waals surface area contributed by atoms with E-state index < -0.39 is 0 Å². The minimum Gasteiger partial charge on any atom is -0.336 e. The molecule has 2 heterocycles. The highest BCUT2D eigenvalue weighted by Gasteiger charge is 2.31. The fourth-order valence-electron chi connectivity index (χ4n) is 2.54. The molecule has 2 N–H and O–H groups in total. The zero-order valence-corrected chi connectivity index (χ0v) is 10.2. The SMILES string of the molecule is CNCC1CCCN1CC(=O)N1CCNC1=O. The van der Waals surface area contributed by atoms with Crippen molar-refractivity contribution >= 4 is 11.9 Å². The predicted octanol–water partition coefficient (Wildman–Crippen LogP) is -0.778. The molecule has 2 fully saturated rings. The van der Waals surface area contributed by atoms with Gasteiger partial charge in [-0.05, 0) is 26.4 Å². The Labute approximate surface area is 101 Å². The number of hydrogen-bond donors (Lipinski definition) is 2. The summed E-state index contributed by atoms with van der Waals surface area (Å²) in [5.74, 6) is -0.0806. The van der Waals surface area contributed by atoms with Crippen LogP contribution in [-0.4, -0.2) is 67.6 Å². The monoisotopic (exact) mass is 240 g/mol. The van der Waals surface area contributed by atoms with Crippen LogP contribution >= 0.6 is 0 Å². The zero-order valence-electron chi connectivity index (χ0n) is 10.2. The van der Waals surface area contributed by atoms with Crippen LogP contribution in [0.15, 0.2) is 0 Å². The summed E-state index contributed by atoms with van der Waals surface area (Å²) < 4.78 is 0. The van der Waals surface area contributed by atoms with Gasteiger partial charge < -0.3 is 10.6 Å². The van der Waals surface area contributed by atoms with E-state index in [9.17, 15) is 9.59 Å². The van der Waals surface area contributed by atoms with Gasteiger partial charge in [0.05, 0.1) is 6.54 Å². The maximum absolute atomic E-state index is 12.0. The van der Waals surface area contributed by atoms with Crippen molar-refractivity contribution < 1.29 is 9.59 Å². The lowest BCUT2D eigenvalue weighted by atomic mass is 10.2. The Hall–Kier alpha value is -1.14. The molecule has 0 aromatic heterocycles. The van der Waals surface area contributed by atoms with E-state index in [1.165, 1.54) is 4.90 Å². The maximum atomic E-state index is 12.0. The van der Waals surface area contributed by atoms with Crippen LogP contribution < -0.4 is 10.6 Å². The highest BCUT2D eigenvalue weighted by Crippen LogP contribution is 2.16. The molecule has 0 bridgehead atoms. The predicted molar refractivity (Wildman–Crippen MR) is 63.6 cm³/mol. The summed E-state index contributed by atoms with van der Waals surface area (Å²) in [5, 5.41) is 5.79. The fraction of sp³-hybridized carbons (Fsp3) is 0.818. The largest absolute Gasteiger partial charge is 0.336 e. The van der Waals surface area contributed by atoms with E-state index in [-0.39, 0.29) is 11.9 Å². The first-order chi connectivity index (χ1) is 8.22. The van der Waals surface area contributed by atoms with Crippen LogP contribution in [0.25, 0.3) is 0 Å². The van der Waals surface area contributed by atoms with E-state index in [1.54, 1.807) is 0 Å². The first-order valence-corrected chi connectivity index (χ1v) is 6.19. The summed E-state index contributed by atoms with van der Waals surface area (Å²) in [6.45, 7) is 3.29. The summed E-state index contributed by atoms with van der Waals surface area (Å²) in [4.78, 5) is 26.8. The van der Waals surface area contributed by atoms with E-state index in [0.29, 0.717) is 25.7 Å². The van der Waals surface area contributed by atoms with Crippen LogP contribution in [0.5, 0.6) is 0 Å². The van der Waals surface area contributed by atoms with Crippen molar-refractivity contribution in [2.75, 3.05) is 39.8 Å². The van der Waals surface area contributed by atoms with Crippen LogP contribution in [0.3, 0.4) is 0 Å². The van der Waals surface area contributed by atoms with Gasteiger partial charge in [-0.1, -0.05) is 0 Å². The quantitative estimate of drug-likeness (QED) is 0.677. The van der Waals surface area contributed by atoms with Crippen molar-refractivity contribution in [3.8, 4) is 0 Å². The molecular formula is C11H20N4O2. The third-order valence-corrected chi connectivity index (χ3v) is 3.44. The van der Waals surface area contributed by atoms with Gasteiger partial charge in [-0.2, -0.15) is 0 Å². The summed E-state index contributed by atoms with van der Waals surface area (Å²) >= 11 is 0. The number of carbonyl (C=O) groups excluding carboxylic acids is 2. The minimum atomic E-state index is -0.251. The molecule has 6 heteroatoms. The third kappa shape index (κ3) is 2.76. The second-order valence-electron chi connectivity index (χ2n) is 4.60. The van der Waals surface area contributed by atoms with Crippen molar-refractivity contribution in [1.82, 2.24) is 20.4 Å². The molecule has 2 saturated heterocycles. The zero-order chi connectivity index (χ0) is 12.3. The van der Waals surface area contributed by atoms with Crippen LogP contribution in [0.1, 0.15) is 12.8 Å². The number of hydrogen-bond acceptors (Lipinski definition) is 4. The van der Waals surface area contributed by atoms with Gasteiger partial charge in [0.25, 0.3) is 0 Å². The highest BCUT2D eigenvalue weighted by molar-refractivity contribution is 5.96. The molecule has 2 rings (SSSR count). The van der Waals surface area contributed by atoms with Crippen molar-refractivity contribution in [2.45, 2.75) is 18.9 Å². The minimum absolute atomic E-state index is 0.0806. The average Bonchev–Trinajstić information content (AvgIpc) is 2.89. The standard InChI is InChI=1S/C11H20N4O2/c1-12-7-9-3-2-5-14(9)8-10(16)15-6-4-13-11(15)17/h9,12H,2-8H2,1H3,(H,13,17). The second-order valence-corrected chi connectivity index (χ2v) is 4.60. The molecule has 0 spiro atoms. The Kier molecular flexibility index (Phi) is 3.96. The number of rotatable bonds is 4. The van der Waals surface area contributed by atoms with Gasteiger partial charge in [-0.15, -0.1) is 0 Å². The molecule has 1 atom stereocenters. The smallest absolute Gasteiger partial charge is 0.324 e. The lowest BCUT2D eigenvalue weighted by molar-refractivity contribution is -0.129. The van der Waals surface area contributed by atoms with Crippen LogP contribution in [-0.2, 0) is 4.79 Å². The first kappa shape index (κ1) is 12.3. The van der Waals surface area contributed by atoms with Gasteiger partial charge in [-0.25, -0.2) is 4.79 Å². The Morgan fingerprint density at radius 1 is 1.53 bits per heavy atom. The highest BCUT2D eigenvalue weighted by atomic mass is 16.2. The van der Waals surface area contributed by atoms with E-state index >= 15 is 0 Å². The molecule has 3 amide bonds. The van der Waals surface area contributed by atoms with Crippen LogP contribution in [0, 0.1) is 0 Å². The summed E-state index contributed by atoms with van der Waals surface area (Å²) in [7, 11) is 1.92. The molecule has 1 unspecified atom stereocenters. The van der Waals surface area contributed by atoms with E-state index in [2.05, 4.69) is 15.5 Å². The Morgan fingerprint density at radius 3 is 3.00 bits per heavy atom. The molecule has 0 radical (unpaired) electrons. The number of likely N-dealkylation sites (tertiary alicyclic amines) is 1. The van der Waals surface area contributed by atoms with Crippen molar-refractivity contribution in [2.24, 2.45) is 0 Å². The topological polar surface area (TPSA) is 64.7 Å². The molecule has 2 aliphatic heterocycles. The third-order valence-electron chi connectivity index (χ3n) is 3.44. The molecule has 0 aromatic carbocycles. The number of nitrogens with zero attached hydrogens (tertiary/aromatic N) is 2. The molecule has 17 heavy (non-hydrogen) atoms. The summed E-state index contributed by atoms with van der Waals surface area (Å²) in [5.41, 5.74) is 0. The number of likely N-dealkylation sites (N-methyl/N-ethyl adjacent to an activating group) is 1. The normalized spacial score (nSPS) is 25.4. The first-order valence-electron chi connectivity index (χ1n) is 6.19. The van der Waals surface area contributed by atoms with Gasteiger partial charge >= 0.3 is 6.03 Å². The van der Waals surface area contributed by atoms with Gasteiger partial charge in [0.1, 0.15) is 0 Å². The molecule has 96 valence electrons. The number of nitrogens with one attached hydrogen (secondary N) is 2. The number of carbonyl (C=O) groups is 2. The van der Waals surface area contributed by atoms with Gasteiger partial charge in [0.2, 0.25) is 5.91 Å². The van der Waals surface area contributed by atoms with E-state index in [1.807, 2.05) is 7.05 Å². The summed E-state index contributed by atoms with van der Waals surface area (Å²) in [6, 6.07) is 0.175. The average molecular weight is 240 g/mol. The molecule has 0 saturated carbocycles. The Morgan fingerprint density at radius 2 is 2.35 bits per heavy atom. The van der Waals surface area contributed by atoms with Gasteiger partial charge in [0.15, 0.2) is 0 Å². The van der Waals surface area contributed by atoms with Crippen molar-refractivity contribution in [3.05, 3.63) is 0 Å². The van der Waals surface area contributed by atoms with Crippen molar-refractivity contribution in [3.63, 3.8) is 0 Å². The number of imide groups is 1. The molecule has 0 aromatic rings. The Bertz CT molecular complexity index is 308. The number of amides is 3. The maximum Gasteiger partial charge on any atom is 0.324 e. The van der Waals surface area contributed by atoms with Crippen LogP contribution in [0.2, 0.25) is 0 Å². The molecular weight excluding hydrogens is 220 g/mol. The molecule has 0 aliphatic carbocycles. The molecule has 2 aliphatic rings. The van der Waals surface area contributed by atoms with E-state index in [4.69, 9.17) is 0 Å². The Balaban J connectivity index is 1.87. The van der Waals surface area contributed by atoms with Gasteiger partial charge in [0, 0.05) is 25.7 Å². The molecule has 6 nitrogen and oxygen atoms in total. The van der Waals surface area contributed by atoms with E-state index in [0.717, 1.165) is 25.9 Å². The lowest BCUT2D eigenvalue weighted by Gasteiger charge is -2.25. The second kappa shape index (κ2) is 5.46.